The zero-order valence-electron chi connectivity index (χ0n) is 7.31. The van der Waals surface area contributed by atoms with Crippen LogP contribution in [0.1, 0.15) is 6.42 Å². The summed E-state index contributed by atoms with van der Waals surface area (Å²) >= 11 is 0. The van der Waals surface area contributed by atoms with Gasteiger partial charge in [0.05, 0.1) is 6.54 Å². The summed E-state index contributed by atoms with van der Waals surface area (Å²) in [7, 11) is 0. The third kappa shape index (κ3) is 1.77. The Kier molecular flexibility index (Phi) is 2.61. The van der Waals surface area contributed by atoms with Crippen molar-refractivity contribution in [3.8, 4) is 0 Å². The monoisotopic (exact) mass is 206 g/mol. The van der Waals surface area contributed by atoms with Gasteiger partial charge >= 0.3 is 12.1 Å². The zero-order chi connectivity index (χ0) is 10.9. The number of carboxylic acid groups (broad SMARTS) is 2. The summed E-state index contributed by atoms with van der Waals surface area (Å²) < 4.78 is 13.6. The van der Waals surface area contributed by atoms with Gasteiger partial charge in [-0.3, -0.25) is 4.90 Å². The van der Waals surface area contributed by atoms with Crippen LogP contribution in [0.15, 0.2) is 0 Å². The van der Waals surface area contributed by atoms with Crippen LogP contribution in [-0.4, -0.2) is 52.0 Å². The fourth-order valence-electron chi connectivity index (χ4n) is 1.51. The third-order valence-electron chi connectivity index (χ3n) is 2.29. The SMILES string of the molecule is NC[C@@]1(F)C[C@@H](C(=O)O)N(C(=O)O)C1. The first kappa shape index (κ1) is 10.7. The summed E-state index contributed by atoms with van der Waals surface area (Å²) in [4.78, 5) is 21.7. The minimum atomic E-state index is -1.92. The molecule has 0 unspecified atom stereocenters. The highest BCUT2D eigenvalue weighted by molar-refractivity contribution is 5.80. The van der Waals surface area contributed by atoms with Crippen LogP contribution >= 0.6 is 0 Å². The Bertz CT molecular complexity index is 248. The second-order valence-electron chi connectivity index (χ2n) is 3.32. The van der Waals surface area contributed by atoms with Crippen molar-refractivity contribution in [1.29, 1.82) is 0 Å². The van der Waals surface area contributed by atoms with Gasteiger partial charge in [-0.1, -0.05) is 0 Å². The summed E-state index contributed by atoms with van der Waals surface area (Å²) in [5.41, 5.74) is 3.19. The van der Waals surface area contributed by atoms with Gasteiger partial charge in [-0.2, -0.15) is 0 Å². The van der Waals surface area contributed by atoms with Gasteiger partial charge in [0.25, 0.3) is 0 Å². The molecule has 1 amide bonds. The molecule has 1 fully saturated rings. The maximum absolute atomic E-state index is 13.6. The number of rotatable bonds is 2. The molecule has 0 aliphatic carbocycles. The molecule has 80 valence electrons. The van der Waals surface area contributed by atoms with Gasteiger partial charge < -0.3 is 15.9 Å². The van der Waals surface area contributed by atoms with Crippen LogP contribution in [0.3, 0.4) is 0 Å². The standard InChI is InChI=1S/C7H11FN2O4/c8-7(2-9)1-4(5(11)12)10(3-7)6(13)14/h4H,1-3,9H2,(H,11,12)(H,13,14)/t4-,7-/m0/s1. The van der Waals surface area contributed by atoms with Crippen molar-refractivity contribution in [3.05, 3.63) is 0 Å². The molecule has 4 N–H and O–H groups in total. The molecule has 6 nitrogen and oxygen atoms in total. The lowest BCUT2D eigenvalue weighted by Crippen LogP contribution is -2.40. The normalized spacial score (nSPS) is 31.9. The van der Waals surface area contributed by atoms with Crippen molar-refractivity contribution in [1.82, 2.24) is 4.90 Å². The van der Waals surface area contributed by atoms with E-state index >= 15 is 0 Å². The summed E-state index contributed by atoms with van der Waals surface area (Å²) in [6, 6.07) is -1.33. The van der Waals surface area contributed by atoms with Crippen LogP contribution < -0.4 is 5.73 Å². The van der Waals surface area contributed by atoms with Crippen LogP contribution in [-0.2, 0) is 4.79 Å². The van der Waals surface area contributed by atoms with Gasteiger partial charge in [-0.25, -0.2) is 14.0 Å². The second kappa shape index (κ2) is 3.41. The van der Waals surface area contributed by atoms with Crippen molar-refractivity contribution in [3.63, 3.8) is 0 Å². The Morgan fingerprint density at radius 3 is 2.43 bits per heavy atom. The molecule has 1 heterocycles. The molecular weight excluding hydrogens is 195 g/mol. The first-order valence-electron chi connectivity index (χ1n) is 4.01. The molecule has 0 radical (unpaired) electrons. The third-order valence-corrected chi connectivity index (χ3v) is 2.29. The molecule has 0 aromatic heterocycles. The fraction of sp³-hybridized carbons (Fsp3) is 0.714. The number of carbonyl (C=O) groups is 2. The second-order valence-corrected chi connectivity index (χ2v) is 3.32. The van der Waals surface area contributed by atoms with E-state index in [1.54, 1.807) is 0 Å². The van der Waals surface area contributed by atoms with Crippen molar-refractivity contribution < 1.29 is 24.2 Å². The number of nitrogens with zero attached hydrogens (tertiary/aromatic N) is 1. The summed E-state index contributed by atoms with van der Waals surface area (Å²) in [5.74, 6) is -1.35. The maximum atomic E-state index is 13.6. The number of aliphatic carboxylic acids is 1. The molecule has 1 aliphatic rings. The average Bonchev–Trinajstić information content (AvgIpc) is 2.45. The molecule has 0 saturated carbocycles. The minimum Gasteiger partial charge on any atom is -0.480 e. The number of halogens is 1. The van der Waals surface area contributed by atoms with Crippen molar-refractivity contribution in [2.75, 3.05) is 13.1 Å². The average molecular weight is 206 g/mol. The van der Waals surface area contributed by atoms with E-state index in [1.165, 1.54) is 0 Å². The fourth-order valence-corrected chi connectivity index (χ4v) is 1.51. The summed E-state index contributed by atoms with van der Waals surface area (Å²) in [5, 5.41) is 17.3. The van der Waals surface area contributed by atoms with E-state index in [0.29, 0.717) is 4.90 Å². The Balaban J connectivity index is 2.85. The van der Waals surface area contributed by atoms with Gasteiger partial charge in [0.2, 0.25) is 0 Å². The first-order chi connectivity index (χ1) is 6.39. The number of alkyl halides is 1. The molecule has 1 rings (SSSR count). The number of hydrogen-bond acceptors (Lipinski definition) is 3. The van der Waals surface area contributed by atoms with Crippen LogP contribution in [0.2, 0.25) is 0 Å². The van der Waals surface area contributed by atoms with Crippen LogP contribution in [0.25, 0.3) is 0 Å². The van der Waals surface area contributed by atoms with Crippen LogP contribution in [0.4, 0.5) is 9.18 Å². The minimum absolute atomic E-state index is 0.374. The number of likely N-dealkylation sites (tertiary alicyclic amines) is 1. The van der Waals surface area contributed by atoms with Gasteiger partial charge in [-0.05, 0) is 0 Å². The van der Waals surface area contributed by atoms with Crippen LogP contribution in [0, 0.1) is 0 Å². The predicted molar refractivity (Wildman–Crippen MR) is 43.7 cm³/mol. The molecule has 0 spiro atoms. The Morgan fingerprint density at radius 1 is 1.57 bits per heavy atom. The number of carboxylic acids is 1. The highest BCUT2D eigenvalue weighted by Gasteiger charge is 2.48. The summed E-state index contributed by atoms with van der Waals surface area (Å²) in [6.07, 6.45) is -1.82. The zero-order valence-corrected chi connectivity index (χ0v) is 7.31. The molecule has 1 aliphatic heterocycles. The predicted octanol–water partition coefficient (Wildman–Crippen LogP) is -0.510. The van der Waals surface area contributed by atoms with E-state index in [-0.39, 0.29) is 13.0 Å². The number of amides is 1. The van der Waals surface area contributed by atoms with E-state index in [9.17, 15) is 14.0 Å². The number of hydrogen-bond donors (Lipinski definition) is 3. The van der Waals surface area contributed by atoms with Gasteiger partial charge in [0.1, 0.15) is 11.7 Å². The molecule has 2 atom stereocenters. The maximum Gasteiger partial charge on any atom is 0.408 e. The lowest BCUT2D eigenvalue weighted by Gasteiger charge is -2.17. The number of nitrogens with two attached hydrogens (primary N) is 1. The van der Waals surface area contributed by atoms with Crippen molar-refractivity contribution in [2.45, 2.75) is 18.1 Å². The lowest BCUT2D eigenvalue weighted by atomic mass is 10.0. The van der Waals surface area contributed by atoms with E-state index in [1.807, 2.05) is 0 Å². The van der Waals surface area contributed by atoms with Gasteiger partial charge in [0.15, 0.2) is 0 Å². The van der Waals surface area contributed by atoms with Crippen molar-refractivity contribution >= 4 is 12.1 Å². The highest BCUT2D eigenvalue weighted by Crippen LogP contribution is 2.29. The summed E-state index contributed by atoms with van der Waals surface area (Å²) in [6.45, 7) is -0.851. The quantitative estimate of drug-likeness (QED) is 0.564. The van der Waals surface area contributed by atoms with Crippen LogP contribution in [0.5, 0.6) is 0 Å². The molecule has 0 aromatic carbocycles. The van der Waals surface area contributed by atoms with E-state index in [4.69, 9.17) is 15.9 Å². The highest BCUT2D eigenvalue weighted by atomic mass is 19.1. The van der Waals surface area contributed by atoms with E-state index in [2.05, 4.69) is 0 Å². The topological polar surface area (TPSA) is 104 Å². The molecular formula is C7H11FN2O4. The Morgan fingerprint density at radius 2 is 2.14 bits per heavy atom. The molecule has 0 bridgehead atoms. The van der Waals surface area contributed by atoms with E-state index in [0.717, 1.165) is 0 Å². The van der Waals surface area contributed by atoms with Gasteiger partial charge in [0, 0.05) is 13.0 Å². The molecule has 14 heavy (non-hydrogen) atoms. The van der Waals surface area contributed by atoms with E-state index < -0.39 is 30.3 Å². The largest absolute Gasteiger partial charge is 0.480 e. The lowest BCUT2D eigenvalue weighted by molar-refractivity contribution is -0.141. The molecule has 1 saturated heterocycles. The van der Waals surface area contributed by atoms with Crippen molar-refractivity contribution in [2.24, 2.45) is 5.73 Å². The van der Waals surface area contributed by atoms with Gasteiger partial charge in [-0.15, -0.1) is 0 Å². The smallest absolute Gasteiger partial charge is 0.408 e. The first-order valence-corrected chi connectivity index (χ1v) is 4.01. The molecule has 0 aromatic rings. The Hall–Kier alpha value is -1.37. The Labute approximate surface area is 79.1 Å². The molecule has 7 heteroatoms.